The standard InChI is InChI=1S/C10H4F9N5OS/c11-7(12,8(13,14)9(15,16)10(17,18)19)5-23-24-6(26-5)21-4(25)3-1-2-20-22-3/h1-2H,(H,20,22)(H,21,24,25). The van der Waals surface area contributed by atoms with Crippen LogP contribution in [0, 0.1) is 0 Å². The van der Waals surface area contributed by atoms with E-state index in [4.69, 9.17) is 0 Å². The Morgan fingerprint density at radius 1 is 1.00 bits per heavy atom. The van der Waals surface area contributed by atoms with Crippen LogP contribution >= 0.6 is 11.3 Å². The van der Waals surface area contributed by atoms with Gasteiger partial charge in [-0.3, -0.25) is 15.2 Å². The van der Waals surface area contributed by atoms with Crippen molar-refractivity contribution in [3.63, 3.8) is 0 Å². The van der Waals surface area contributed by atoms with Crippen LogP contribution in [0.2, 0.25) is 0 Å². The number of rotatable bonds is 5. The Morgan fingerprint density at radius 2 is 1.62 bits per heavy atom. The van der Waals surface area contributed by atoms with Gasteiger partial charge >= 0.3 is 23.9 Å². The molecule has 2 N–H and O–H groups in total. The molecule has 0 aliphatic carbocycles. The fourth-order valence-corrected chi connectivity index (χ4v) is 2.20. The fraction of sp³-hybridized carbons (Fsp3) is 0.400. The number of H-pyrrole nitrogens is 1. The number of nitrogens with zero attached hydrogens (tertiary/aromatic N) is 3. The molecule has 144 valence electrons. The van der Waals surface area contributed by atoms with E-state index in [-0.39, 0.29) is 5.69 Å². The topological polar surface area (TPSA) is 83.6 Å². The third kappa shape index (κ3) is 3.08. The van der Waals surface area contributed by atoms with Gasteiger partial charge in [-0.15, -0.1) is 10.2 Å². The lowest BCUT2D eigenvalue weighted by atomic mass is 10.0. The monoisotopic (exact) mass is 413 g/mol. The molecule has 0 unspecified atom stereocenters. The summed E-state index contributed by atoms with van der Waals surface area (Å²) in [5.74, 6) is -21.0. The Morgan fingerprint density at radius 3 is 2.12 bits per heavy atom. The van der Waals surface area contributed by atoms with E-state index in [1.54, 1.807) is 5.32 Å². The Bertz CT molecular complexity index is 785. The smallest absolute Gasteiger partial charge is 0.295 e. The van der Waals surface area contributed by atoms with Crippen molar-refractivity contribution < 1.29 is 44.3 Å². The molecule has 0 radical (unpaired) electrons. The summed E-state index contributed by atoms with van der Waals surface area (Å²) in [4.78, 5) is 11.6. The highest BCUT2D eigenvalue weighted by Crippen LogP contribution is 2.57. The van der Waals surface area contributed by atoms with E-state index in [0.717, 1.165) is 12.3 Å². The molecular formula is C10H4F9N5OS. The zero-order valence-corrected chi connectivity index (χ0v) is 12.5. The molecule has 1 amide bonds. The summed E-state index contributed by atoms with van der Waals surface area (Å²) >= 11 is -0.500. The molecule has 0 spiro atoms. The highest BCUT2D eigenvalue weighted by molar-refractivity contribution is 7.15. The second-order valence-electron chi connectivity index (χ2n) is 4.56. The van der Waals surface area contributed by atoms with Crippen LogP contribution in [-0.4, -0.2) is 44.3 Å². The van der Waals surface area contributed by atoms with Crippen LogP contribution in [0.4, 0.5) is 44.6 Å². The second kappa shape index (κ2) is 6.10. The van der Waals surface area contributed by atoms with Crippen molar-refractivity contribution >= 4 is 22.4 Å². The zero-order chi connectivity index (χ0) is 20.0. The van der Waals surface area contributed by atoms with Crippen molar-refractivity contribution in [1.82, 2.24) is 20.4 Å². The number of carbonyl (C=O) groups excluding carboxylic acids is 1. The lowest BCUT2D eigenvalue weighted by Gasteiger charge is -2.32. The van der Waals surface area contributed by atoms with E-state index in [9.17, 15) is 44.3 Å². The maximum Gasteiger partial charge on any atom is 0.460 e. The molecule has 0 saturated carbocycles. The minimum absolute atomic E-state index is 0.206. The van der Waals surface area contributed by atoms with Crippen LogP contribution in [-0.2, 0) is 5.92 Å². The first-order valence-electron chi connectivity index (χ1n) is 6.06. The summed E-state index contributed by atoms with van der Waals surface area (Å²) in [6.45, 7) is 0. The number of hydrogen-bond donors (Lipinski definition) is 2. The molecule has 0 bridgehead atoms. The molecule has 2 heterocycles. The van der Waals surface area contributed by atoms with Gasteiger partial charge in [0.15, 0.2) is 5.01 Å². The second-order valence-corrected chi connectivity index (χ2v) is 5.54. The molecule has 0 aliphatic heterocycles. The summed E-state index contributed by atoms with van der Waals surface area (Å²) in [6, 6.07) is 1.13. The number of anilines is 1. The van der Waals surface area contributed by atoms with Gasteiger partial charge in [-0.2, -0.15) is 44.6 Å². The van der Waals surface area contributed by atoms with Gasteiger partial charge in [0.05, 0.1) is 0 Å². The highest BCUT2D eigenvalue weighted by atomic mass is 32.1. The minimum atomic E-state index is -7.05. The first-order valence-corrected chi connectivity index (χ1v) is 6.88. The maximum atomic E-state index is 13.6. The number of carbonyl (C=O) groups is 1. The Hall–Kier alpha value is -2.39. The number of hydrogen-bond acceptors (Lipinski definition) is 5. The van der Waals surface area contributed by atoms with Crippen molar-refractivity contribution in [1.29, 1.82) is 0 Å². The first-order chi connectivity index (χ1) is 11.7. The molecule has 0 aromatic carbocycles. The van der Waals surface area contributed by atoms with Crippen molar-refractivity contribution in [2.75, 3.05) is 5.32 Å². The van der Waals surface area contributed by atoms with Gasteiger partial charge in [0.2, 0.25) is 5.13 Å². The molecule has 0 saturated heterocycles. The Labute approximate surface area is 140 Å². The van der Waals surface area contributed by atoms with E-state index < -0.39 is 51.3 Å². The molecule has 2 rings (SSSR count). The SMILES string of the molecule is O=C(Nc1nnc(C(F)(F)C(F)(F)C(F)(F)C(F)(F)F)s1)c1ccn[nH]1. The summed E-state index contributed by atoms with van der Waals surface area (Å²) in [5.41, 5.74) is -0.206. The average Bonchev–Trinajstić information content (AvgIpc) is 3.17. The van der Waals surface area contributed by atoms with Crippen LogP contribution in [0.5, 0.6) is 0 Å². The van der Waals surface area contributed by atoms with Gasteiger partial charge in [0, 0.05) is 6.20 Å². The van der Waals surface area contributed by atoms with Gasteiger partial charge in [0.1, 0.15) is 5.69 Å². The summed E-state index contributed by atoms with van der Waals surface area (Å²) in [7, 11) is 0. The normalized spacial score (nSPS) is 13.7. The highest BCUT2D eigenvalue weighted by Gasteiger charge is 2.82. The molecule has 6 nitrogen and oxygen atoms in total. The van der Waals surface area contributed by atoms with Gasteiger partial charge < -0.3 is 0 Å². The number of nitrogens with one attached hydrogen (secondary N) is 2. The Balaban J connectivity index is 2.30. The summed E-state index contributed by atoms with van der Waals surface area (Å²) in [6.07, 6.45) is -5.81. The maximum absolute atomic E-state index is 13.6. The molecule has 2 aromatic rings. The number of aromatic amines is 1. The fourth-order valence-electron chi connectivity index (χ4n) is 1.46. The van der Waals surface area contributed by atoms with Crippen molar-refractivity contribution in [2.24, 2.45) is 0 Å². The van der Waals surface area contributed by atoms with Gasteiger partial charge in [-0.05, 0) is 6.07 Å². The van der Waals surface area contributed by atoms with Crippen LogP contribution in [0.15, 0.2) is 12.3 Å². The molecule has 0 fully saturated rings. The minimum Gasteiger partial charge on any atom is -0.295 e. The van der Waals surface area contributed by atoms with E-state index in [0.29, 0.717) is 0 Å². The Kier molecular flexibility index (Phi) is 4.67. The van der Waals surface area contributed by atoms with Crippen molar-refractivity contribution in [2.45, 2.75) is 23.9 Å². The van der Waals surface area contributed by atoms with Gasteiger partial charge in [-0.25, -0.2) is 0 Å². The summed E-state index contributed by atoms with van der Waals surface area (Å²) in [5, 5.41) is 9.69. The van der Waals surface area contributed by atoms with Crippen LogP contribution in [0.3, 0.4) is 0 Å². The quantitative estimate of drug-likeness (QED) is 0.736. The number of alkyl halides is 9. The zero-order valence-electron chi connectivity index (χ0n) is 11.7. The third-order valence-electron chi connectivity index (χ3n) is 2.80. The first kappa shape index (κ1) is 19.9. The van der Waals surface area contributed by atoms with Crippen molar-refractivity contribution in [3.8, 4) is 0 Å². The predicted molar refractivity (Wildman–Crippen MR) is 66.3 cm³/mol. The molecule has 26 heavy (non-hydrogen) atoms. The number of amides is 1. The van der Waals surface area contributed by atoms with Crippen LogP contribution in [0.1, 0.15) is 15.5 Å². The van der Waals surface area contributed by atoms with E-state index in [2.05, 4.69) is 20.4 Å². The predicted octanol–water partition coefficient (Wildman–Crippen LogP) is 3.44. The van der Waals surface area contributed by atoms with E-state index >= 15 is 0 Å². The lowest BCUT2D eigenvalue weighted by molar-refractivity contribution is -0.399. The molecule has 0 atom stereocenters. The van der Waals surface area contributed by atoms with E-state index in [1.807, 2.05) is 0 Å². The number of aromatic nitrogens is 4. The van der Waals surface area contributed by atoms with Gasteiger partial charge in [-0.1, -0.05) is 11.3 Å². The van der Waals surface area contributed by atoms with Gasteiger partial charge in [0.25, 0.3) is 5.91 Å². The van der Waals surface area contributed by atoms with Crippen molar-refractivity contribution in [3.05, 3.63) is 23.0 Å². The lowest BCUT2D eigenvalue weighted by Crippen LogP contribution is -2.59. The van der Waals surface area contributed by atoms with Crippen LogP contribution in [0.25, 0.3) is 0 Å². The average molecular weight is 413 g/mol. The third-order valence-corrected chi connectivity index (χ3v) is 3.71. The number of halogens is 9. The largest absolute Gasteiger partial charge is 0.460 e. The summed E-state index contributed by atoms with van der Waals surface area (Å²) < 4.78 is 116. The van der Waals surface area contributed by atoms with Crippen LogP contribution < -0.4 is 5.32 Å². The molecule has 0 aliphatic rings. The molecule has 2 aromatic heterocycles. The molecular weight excluding hydrogens is 409 g/mol. The molecule has 16 heteroatoms. The van der Waals surface area contributed by atoms with E-state index in [1.165, 1.54) is 0 Å².